The molecular formula is C32H30N2O2S2. The minimum absolute atomic E-state index is 0.241. The van der Waals surface area contributed by atoms with Crippen LogP contribution in [0.2, 0.25) is 0 Å². The summed E-state index contributed by atoms with van der Waals surface area (Å²) in [6, 6.07) is 14.3. The van der Waals surface area contributed by atoms with E-state index in [2.05, 4.69) is 65.2 Å². The summed E-state index contributed by atoms with van der Waals surface area (Å²) >= 11 is 3.37. The zero-order chi connectivity index (χ0) is 27.0. The highest BCUT2D eigenvalue weighted by molar-refractivity contribution is 7.12. The van der Waals surface area contributed by atoms with E-state index in [0.29, 0.717) is 16.8 Å². The molecule has 6 rings (SSSR count). The molecule has 2 amide bonds. The van der Waals surface area contributed by atoms with E-state index < -0.39 is 0 Å². The number of aryl methyl sites for hydroxylation is 5. The Labute approximate surface area is 230 Å². The molecule has 3 aromatic heterocycles. The molecule has 1 aliphatic rings. The molecule has 2 aromatic carbocycles. The molecule has 192 valence electrons. The Morgan fingerprint density at radius 3 is 1.68 bits per heavy atom. The lowest BCUT2D eigenvalue weighted by Crippen LogP contribution is -2.31. The van der Waals surface area contributed by atoms with Gasteiger partial charge >= 0.3 is 0 Å². The number of benzene rings is 2. The van der Waals surface area contributed by atoms with Crippen LogP contribution in [0.4, 0.5) is 5.69 Å². The highest BCUT2D eigenvalue weighted by Gasteiger charge is 2.43. The quantitative estimate of drug-likeness (QED) is 0.216. The number of thiophene rings is 2. The smallest absolute Gasteiger partial charge is 0.266 e. The van der Waals surface area contributed by atoms with Gasteiger partial charge in [-0.3, -0.25) is 9.59 Å². The van der Waals surface area contributed by atoms with Crippen LogP contribution in [0.3, 0.4) is 0 Å². The van der Waals surface area contributed by atoms with Gasteiger partial charge in [0.25, 0.3) is 11.8 Å². The van der Waals surface area contributed by atoms with E-state index in [1.54, 1.807) is 22.7 Å². The van der Waals surface area contributed by atoms with Crippen molar-refractivity contribution >= 4 is 73.1 Å². The van der Waals surface area contributed by atoms with Gasteiger partial charge in [-0.25, -0.2) is 4.90 Å². The Morgan fingerprint density at radius 2 is 1.18 bits per heavy atom. The summed E-state index contributed by atoms with van der Waals surface area (Å²) in [6.07, 6.45) is 0. The lowest BCUT2D eigenvalue weighted by Gasteiger charge is -2.16. The number of para-hydroxylation sites is 1. The first kappa shape index (κ1) is 24.8. The Kier molecular flexibility index (Phi) is 5.74. The van der Waals surface area contributed by atoms with Crippen LogP contribution < -0.4 is 4.90 Å². The predicted molar refractivity (Wildman–Crippen MR) is 161 cm³/mol. The Hall–Kier alpha value is -3.48. The van der Waals surface area contributed by atoms with Crippen molar-refractivity contribution in [3.63, 3.8) is 0 Å². The van der Waals surface area contributed by atoms with E-state index in [4.69, 9.17) is 0 Å². The SMILES string of the molecule is CCn1c2ccccc2c2cc(N3C(=O)C(c4c(C)sc(C)c4C)=C(c4c(C)sc(C)c4C)C3=O)ccc21. The molecule has 38 heavy (non-hydrogen) atoms. The van der Waals surface area contributed by atoms with Gasteiger partial charge < -0.3 is 4.57 Å². The molecule has 0 radical (unpaired) electrons. The summed E-state index contributed by atoms with van der Waals surface area (Å²) in [5.41, 5.74) is 7.92. The lowest BCUT2D eigenvalue weighted by molar-refractivity contribution is -0.119. The van der Waals surface area contributed by atoms with Crippen molar-refractivity contribution in [1.29, 1.82) is 0 Å². The molecule has 0 unspecified atom stereocenters. The molecule has 4 nitrogen and oxygen atoms in total. The maximum absolute atomic E-state index is 14.4. The average Bonchev–Trinajstić information content (AvgIpc) is 3.52. The molecule has 4 heterocycles. The highest BCUT2D eigenvalue weighted by Crippen LogP contribution is 2.46. The van der Waals surface area contributed by atoms with Gasteiger partial charge in [0.05, 0.1) is 16.8 Å². The first-order chi connectivity index (χ1) is 18.1. The summed E-state index contributed by atoms with van der Waals surface area (Å²) in [5.74, 6) is -0.481. The van der Waals surface area contributed by atoms with Crippen LogP contribution in [0.15, 0.2) is 42.5 Å². The number of aromatic nitrogens is 1. The molecule has 1 aliphatic heterocycles. The van der Waals surface area contributed by atoms with Gasteiger partial charge in [-0.05, 0) is 83.9 Å². The Balaban J connectivity index is 1.61. The second-order valence-electron chi connectivity index (χ2n) is 10.1. The standard InChI is InChI=1S/C32H30N2O2S2/c1-8-33-25-12-10-9-11-23(25)24-15-22(13-14-26(24)33)34-31(35)29(27-16(2)18(4)37-20(27)6)30(32(34)36)28-17(3)19(5)38-21(28)7/h9-15H,8H2,1-7H3. The van der Waals surface area contributed by atoms with Gasteiger partial charge in [0.2, 0.25) is 0 Å². The molecule has 0 fully saturated rings. The number of nitrogens with zero attached hydrogens (tertiary/aromatic N) is 2. The Bertz CT molecular complexity index is 1790. The molecule has 6 heteroatoms. The van der Waals surface area contributed by atoms with Crippen LogP contribution in [-0.2, 0) is 16.1 Å². The van der Waals surface area contributed by atoms with E-state index in [9.17, 15) is 9.59 Å². The number of amides is 2. The number of fused-ring (bicyclic) bond motifs is 3. The van der Waals surface area contributed by atoms with Gasteiger partial charge in [0.1, 0.15) is 0 Å². The third-order valence-electron chi connectivity index (χ3n) is 8.04. The van der Waals surface area contributed by atoms with Crippen molar-refractivity contribution < 1.29 is 9.59 Å². The maximum Gasteiger partial charge on any atom is 0.266 e. The number of carbonyl (C=O) groups is 2. The fourth-order valence-electron chi connectivity index (χ4n) is 6.07. The van der Waals surface area contributed by atoms with Crippen molar-refractivity contribution in [2.24, 2.45) is 0 Å². The average molecular weight is 539 g/mol. The fourth-order valence-corrected chi connectivity index (χ4v) is 8.21. The van der Waals surface area contributed by atoms with Gasteiger partial charge in [-0.2, -0.15) is 0 Å². The highest BCUT2D eigenvalue weighted by atomic mass is 32.1. The summed E-state index contributed by atoms with van der Waals surface area (Å²) in [6.45, 7) is 15.4. The lowest BCUT2D eigenvalue weighted by atomic mass is 9.92. The number of carbonyl (C=O) groups excluding carboxylic acids is 2. The van der Waals surface area contributed by atoms with Crippen LogP contribution in [0.5, 0.6) is 0 Å². The number of hydrogen-bond acceptors (Lipinski definition) is 4. The van der Waals surface area contributed by atoms with Gasteiger partial charge in [-0.1, -0.05) is 18.2 Å². The van der Waals surface area contributed by atoms with Crippen molar-refractivity contribution in [3.05, 3.63) is 84.2 Å². The molecule has 0 atom stereocenters. The second-order valence-corrected chi connectivity index (χ2v) is 12.9. The van der Waals surface area contributed by atoms with Gasteiger partial charge in [-0.15, -0.1) is 22.7 Å². The van der Waals surface area contributed by atoms with Crippen LogP contribution in [0.1, 0.15) is 48.7 Å². The van der Waals surface area contributed by atoms with Crippen LogP contribution in [-0.4, -0.2) is 16.4 Å². The van der Waals surface area contributed by atoms with E-state index in [1.165, 1.54) is 14.7 Å². The number of imide groups is 1. The van der Waals surface area contributed by atoms with Crippen LogP contribution in [0, 0.1) is 41.5 Å². The normalized spacial score (nSPS) is 14.2. The van der Waals surface area contributed by atoms with E-state index in [-0.39, 0.29) is 11.8 Å². The van der Waals surface area contributed by atoms with Crippen LogP contribution >= 0.6 is 22.7 Å². The van der Waals surface area contributed by atoms with Crippen molar-refractivity contribution in [2.75, 3.05) is 4.90 Å². The molecule has 0 N–H and O–H groups in total. The molecule has 0 aliphatic carbocycles. The third kappa shape index (κ3) is 3.33. The monoisotopic (exact) mass is 538 g/mol. The van der Waals surface area contributed by atoms with Crippen molar-refractivity contribution in [1.82, 2.24) is 4.57 Å². The minimum Gasteiger partial charge on any atom is -0.341 e. The first-order valence-corrected chi connectivity index (χ1v) is 14.6. The number of hydrogen-bond donors (Lipinski definition) is 0. The number of rotatable bonds is 4. The predicted octanol–water partition coefficient (Wildman–Crippen LogP) is 8.27. The third-order valence-corrected chi connectivity index (χ3v) is 10.3. The van der Waals surface area contributed by atoms with Gasteiger partial charge in [0.15, 0.2) is 0 Å². The topological polar surface area (TPSA) is 42.3 Å². The van der Waals surface area contributed by atoms with Crippen molar-refractivity contribution in [2.45, 2.75) is 55.0 Å². The van der Waals surface area contributed by atoms with Crippen molar-refractivity contribution in [3.8, 4) is 0 Å². The van der Waals surface area contributed by atoms with E-state index in [0.717, 1.165) is 60.4 Å². The Morgan fingerprint density at radius 1 is 0.658 bits per heavy atom. The molecule has 0 saturated heterocycles. The summed E-state index contributed by atoms with van der Waals surface area (Å²) < 4.78 is 2.28. The zero-order valence-corrected chi connectivity index (χ0v) is 24.4. The number of anilines is 1. The van der Waals surface area contributed by atoms with E-state index in [1.807, 2.05) is 30.3 Å². The first-order valence-electron chi connectivity index (χ1n) is 12.9. The second kappa shape index (κ2) is 8.79. The molecule has 5 aromatic rings. The molecule has 0 spiro atoms. The molecule has 0 bridgehead atoms. The molecular weight excluding hydrogens is 508 g/mol. The van der Waals surface area contributed by atoms with Crippen LogP contribution in [0.25, 0.3) is 33.0 Å². The largest absolute Gasteiger partial charge is 0.341 e. The minimum atomic E-state index is -0.241. The molecule has 0 saturated carbocycles. The van der Waals surface area contributed by atoms with Gasteiger partial charge in [0, 0.05) is 59.0 Å². The summed E-state index contributed by atoms with van der Waals surface area (Å²) in [7, 11) is 0. The van der Waals surface area contributed by atoms with E-state index >= 15 is 0 Å². The summed E-state index contributed by atoms with van der Waals surface area (Å²) in [5, 5.41) is 2.17. The maximum atomic E-state index is 14.4. The summed E-state index contributed by atoms with van der Waals surface area (Å²) in [4.78, 5) is 34.6. The fraction of sp³-hybridized carbons (Fsp3) is 0.250. The zero-order valence-electron chi connectivity index (χ0n) is 22.8.